The van der Waals surface area contributed by atoms with Gasteiger partial charge in [0.1, 0.15) is 4.90 Å². The molecule has 0 aliphatic rings. The van der Waals surface area contributed by atoms with E-state index >= 15 is 0 Å². The second kappa shape index (κ2) is 6.79. The number of aromatic amines is 1. The van der Waals surface area contributed by atoms with Gasteiger partial charge < -0.3 is 4.90 Å². The van der Waals surface area contributed by atoms with E-state index in [9.17, 15) is 13.2 Å². The van der Waals surface area contributed by atoms with Gasteiger partial charge in [-0.25, -0.2) is 8.42 Å². The fraction of sp³-hybridized carbons (Fsp3) is 0.692. The van der Waals surface area contributed by atoms with Gasteiger partial charge in [-0.1, -0.05) is 20.8 Å². The van der Waals surface area contributed by atoms with Crippen molar-refractivity contribution < 1.29 is 13.2 Å². The molecule has 0 spiro atoms. The van der Waals surface area contributed by atoms with Crippen molar-refractivity contribution in [2.45, 2.75) is 57.9 Å². The Hall–Kier alpha value is -1.08. The van der Waals surface area contributed by atoms with Crippen LogP contribution >= 0.6 is 10.7 Å². The molecule has 120 valence electrons. The number of halogens is 1. The standard InChI is InChI=1S/C13H22ClN3O3S/c1-6-9(5)17(7-2)13(18)11-12(21(14,19)20)10(8(3)4)15-16-11/h8-9H,6-7H2,1-5H3,(H,15,16). The van der Waals surface area contributed by atoms with Gasteiger partial charge in [0.25, 0.3) is 15.0 Å². The molecule has 1 aromatic rings. The Morgan fingerprint density at radius 2 is 1.90 bits per heavy atom. The van der Waals surface area contributed by atoms with Crippen LogP contribution in [0.3, 0.4) is 0 Å². The maximum atomic E-state index is 12.6. The molecule has 0 radical (unpaired) electrons. The molecule has 0 aliphatic heterocycles. The van der Waals surface area contributed by atoms with Gasteiger partial charge in [-0.05, 0) is 26.2 Å². The largest absolute Gasteiger partial charge is 0.335 e. The first-order valence-corrected chi connectivity index (χ1v) is 9.29. The summed E-state index contributed by atoms with van der Waals surface area (Å²) in [5.41, 5.74) is 0.226. The third-order valence-corrected chi connectivity index (χ3v) is 4.86. The van der Waals surface area contributed by atoms with Crippen LogP contribution in [0.25, 0.3) is 0 Å². The Morgan fingerprint density at radius 3 is 2.29 bits per heavy atom. The minimum absolute atomic E-state index is 0.00687. The van der Waals surface area contributed by atoms with E-state index in [-0.39, 0.29) is 22.5 Å². The monoisotopic (exact) mass is 335 g/mol. The second-order valence-corrected chi connectivity index (χ2v) is 7.76. The van der Waals surface area contributed by atoms with Crippen molar-refractivity contribution in [1.82, 2.24) is 15.1 Å². The molecular formula is C13H22ClN3O3S. The number of hydrogen-bond acceptors (Lipinski definition) is 4. The number of hydrogen-bond donors (Lipinski definition) is 1. The van der Waals surface area contributed by atoms with Gasteiger partial charge in [0.05, 0.1) is 5.69 Å². The molecule has 0 saturated heterocycles. The summed E-state index contributed by atoms with van der Waals surface area (Å²) in [7, 11) is 1.45. The zero-order valence-corrected chi connectivity index (χ0v) is 14.5. The van der Waals surface area contributed by atoms with Crippen molar-refractivity contribution in [2.75, 3.05) is 6.54 Å². The van der Waals surface area contributed by atoms with Gasteiger partial charge >= 0.3 is 0 Å². The van der Waals surface area contributed by atoms with E-state index in [0.717, 1.165) is 6.42 Å². The zero-order chi connectivity index (χ0) is 16.4. The summed E-state index contributed by atoms with van der Waals surface area (Å²) < 4.78 is 23.7. The topological polar surface area (TPSA) is 83.1 Å². The number of nitrogens with one attached hydrogen (secondary N) is 1. The Balaban J connectivity index is 3.41. The summed E-state index contributed by atoms with van der Waals surface area (Å²) in [6.07, 6.45) is 0.768. The van der Waals surface area contributed by atoms with Crippen molar-refractivity contribution in [1.29, 1.82) is 0 Å². The average Bonchev–Trinajstić information content (AvgIpc) is 2.83. The number of carbonyl (C=O) groups excluding carboxylic acids is 1. The SMILES string of the molecule is CCC(C)N(CC)C(=O)c1n[nH]c(C(C)C)c1S(=O)(=O)Cl. The van der Waals surface area contributed by atoms with Gasteiger partial charge in [0, 0.05) is 23.3 Å². The van der Waals surface area contributed by atoms with Gasteiger partial charge in [0.2, 0.25) is 0 Å². The molecule has 0 saturated carbocycles. The molecule has 0 bridgehead atoms. The molecule has 0 aliphatic carbocycles. The molecule has 1 rings (SSSR count). The van der Waals surface area contributed by atoms with Crippen LogP contribution in [0.2, 0.25) is 0 Å². The third kappa shape index (κ3) is 3.77. The normalized spacial score (nSPS) is 13.5. The highest BCUT2D eigenvalue weighted by molar-refractivity contribution is 8.13. The first-order valence-electron chi connectivity index (χ1n) is 6.98. The summed E-state index contributed by atoms with van der Waals surface area (Å²) in [4.78, 5) is 14.0. The van der Waals surface area contributed by atoms with Crippen LogP contribution in [0.15, 0.2) is 4.90 Å². The van der Waals surface area contributed by atoms with Crippen LogP contribution in [0.1, 0.15) is 63.1 Å². The Morgan fingerprint density at radius 1 is 1.33 bits per heavy atom. The first kappa shape index (κ1) is 18.0. The summed E-state index contributed by atoms with van der Waals surface area (Å²) >= 11 is 0. The molecule has 21 heavy (non-hydrogen) atoms. The van der Waals surface area contributed by atoms with Crippen LogP contribution < -0.4 is 0 Å². The van der Waals surface area contributed by atoms with Crippen LogP contribution in [0.4, 0.5) is 0 Å². The zero-order valence-electron chi connectivity index (χ0n) is 13.0. The average molecular weight is 336 g/mol. The summed E-state index contributed by atoms with van der Waals surface area (Å²) in [6, 6.07) is -0.00687. The second-order valence-electron chi connectivity index (χ2n) is 5.26. The molecule has 1 N–H and O–H groups in total. The predicted octanol–water partition coefficient (Wildman–Crippen LogP) is 2.72. The van der Waals surface area contributed by atoms with E-state index in [1.165, 1.54) is 0 Å². The summed E-state index contributed by atoms with van der Waals surface area (Å²) in [5, 5.41) is 6.55. The lowest BCUT2D eigenvalue weighted by Gasteiger charge is -2.26. The van der Waals surface area contributed by atoms with Crippen molar-refractivity contribution in [3.05, 3.63) is 11.4 Å². The highest BCUT2D eigenvalue weighted by atomic mass is 35.7. The molecule has 0 fully saturated rings. The van der Waals surface area contributed by atoms with E-state index in [1.807, 2.05) is 20.8 Å². The van der Waals surface area contributed by atoms with Crippen molar-refractivity contribution in [3.8, 4) is 0 Å². The summed E-state index contributed by atoms with van der Waals surface area (Å²) in [6.45, 7) is 9.80. The molecule has 8 heteroatoms. The molecule has 6 nitrogen and oxygen atoms in total. The minimum Gasteiger partial charge on any atom is -0.335 e. The number of carbonyl (C=O) groups is 1. The Bertz CT molecular complexity index is 610. The molecule has 1 aromatic heterocycles. The minimum atomic E-state index is -4.05. The van der Waals surface area contributed by atoms with Gasteiger partial charge in [0.15, 0.2) is 5.69 Å². The van der Waals surface area contributed by atoms with E-state index < -0.39 is 15.0 Å². The molecule has 1 heterocycles. The fourth-order valence-electron chi connectivity index (χ4n) is 2.14. The quantitative estimate of drug-likeness (QED) is 0.810. The molecule has 1 atom stereocenters. The van der Waals surface area contributed by atoms with Gasteiger partial charge in [-0.3, -0.25) is 9.89 Å². The van der Waals surface area contributed by atoms with Crippen molar-refractivity contribution in [2.24, 2.45) is 0 Å². The smallest absolute Gasteiger partial charge is 0.276 e. The molecule has 1 unspecified atom stereocenters. The Kier molecular flexibility index (Phi) is 5.81. The lowest BCUT2D eigenvalue weighted by molar-refractivity contribution is 0.0690. The summed E-state index contributed by atoms with van der Waals surface area (Å²) in [5.74, 6) is -0.560. The highest BCUT2D eigenvalue weighted by Crippen LogP contribution is 2.28. The predicted molar refractivity (Wildman–Crippen MR) is 82.2 cm³/mol. The van der Waals surface area contributed by atoms with Gasteiger partial charge in [-0.2, -0.15) is 5.10 Å². The van der Waals surface area contributed by atoms with E-state index in [1.54, 1.807) is 18.7 Å². The first-order chi connectivity index (χ1) is 9.65. The van der Waals surface area contributed by atoms with E-state index in [0.29, 0.717) is 12.2 Å². The highest BCUT2D eigenvalue weighted by Gasteiger charge is 2.32. The van der Waals surface area contributed by atoms with Crippen LogP contribution in [-0.4, -0.2) is 42.0 Å². The number of rotatable bonds is 6. The third-order valence-electron chi connectivity index (χ3n) is 3.50. The fourth-order valence-corrected chi connectivity index (χ4v) is 3.52. The van der Waals surface area contributed by atoms with Crippen LogP contribution in [0, 0.1) is 0 Å². The maximum absolute atomic E-state index is 12.6. The van der Waals surface area contributed by atoms with E-state index in [2.05, 4.69) is 10.2 Å². The molecular weight excluding hydrogens is 314 g/mol. The van der Waals surface area contributed by atoms with Crippen LogP contribution in [-0.2, 0) is 9.05 Å². The molecule has 0 aromatic carbocycles. The van der Waals surface area contributed by atoms with Crippen molar-refractivity contribution >= 4 is 25.6 Å². The molecule has 1 amide bonds. The Labute approximate surface area is 130 Å². The lowest BCUT2D eigenvalue weighted by Crippen LogP contribution is -2.38. The van der Waals surface area contributed by atoms with Gasteiger partial charge in [-0.15, -0.1) is 0 Å². The maximum Gasteiger partial charge on any atom is 0.276 e. The number of amides is 1. The van der Waals surface area contributed by atoms with E-state index in [4.69, 9.17) is 10.7 Å². The number of H-pyrrole nitrogens is 1. The van der Waals surface area contributed by atoms with Crippen LogP contribution in [0.5, 0.6) is 0 Å². The number of aromatic nitrogens is 2. The van der Waals surface area contributed by atoms with Crippen molar-refractivity contribution in [3.63, 3.8) is 0 Å². The number of nitrogens with zero attached hydrogens (tertiary/aromatic N) is 2. The lowest BCUT2D eigenvalue weighted by atomic mass is 10.1.